The maximum atomic E-state index is 12.8. The average Bonchev–Trinajstić information content (AvgIpc) is 2.96. The second-order valence-corrected chi connectivity index (χ2v) is 8.02. The van der Waals surface area contributed by atoms with Crippen LogP contribution in [0.1, 0.15) is 21.5 Å². The molecule has 0 saturated carbocycles. The van der Waals surface area contributed by atoms with Crippen molar-refractivity contribution in [2.45, 2.75) is 6.92 Å². The summed E-state index contributed by atoms with van der Waals surface area (Å²) >= 11 is 6.50. The zero-order valence-corrected chi connectivity index (χ0v) is 16.6. The predicted molar refractivity (Wildman–Crippen MR) is 118 cm³/mol. The highest BCUT2D eigenvalue weighted by molar-refractivity contribution is 8.26. The predicted octanol–water partition coefficient (Wildman–Crippen LogP) is 4.69. The van der Waals surface area contributed by atoms with Crippen molar-refractivity contribution in [3.05, 3.63) is 88.3 Å². The molecule has 0 aliphatic carbocycles. The fourth-order valence-electron chi connectivity index (χ4n) is 3.07. The first-order valence-electron chi connectivity index (χ1n) is 8.67. The molecule has 6 heteroatoms. The van der Waals surface area contributed by atoms with Crippen LogP contribution in [0, 0.1) is 6.92 Å². The summed E-state index contributed by atoms with van der Waals surface area (Å²) in [7, 11) is 0. The van der Waals surface area contributed by atoms with Crippen molar-refractivity contribution < 1.29 is 9.59 Å². The minimum absolute atomic E-state index is 0.304. The van der Waals surface area contributed by atoms with E-state index in [1.54, 1.807) is 12.1 Å². The molecule has 1 heterocycles. The van der Waals surface area contributed by atoms with Crippen molar-refractivity contribution >= 4 is 57.0 Å². The second-order valence-electron chi connectivity index (χ2n) is 6.34. The fraction of sp³-hybridized carbons (Fsp3) is 0.0455. The van der Waals surface area contributed by atoms with E-state index < -0.39 is 0 Å². The van der Waals surface area contributed by atoms with Crippen LogP contribution in [0.3, 0.4) is 0 Å². The van der Waals surface area contributed by atoms with E-state index >= 15 is 0 Å². The number of thioether (sulfide) groups is 1. The van der Waals surface area contributed by atoms with E-state index in [0.717, 1.165) is 26.9 Å². The molecule has 0 spiro atoms. The highest BCUT2D eigenvalue weighted by Crippen LogP contribution is 2.33. The largest absolute Gasteiger partial charge is 0.285 e. The van der Waals surface area contributed by atoms with E-state index in [4.69, 9.17) is 12.2 Å². The first-order valence-corrected chi connectivity index (χ1v) is 9.89. The van der Waals surface area contributed by atoms with Gasteiger partial charge >= 0.3 is 0 Å². The molecular formula is C22H16N2O2S2. The van der Waals surface area contributed by atoms with E-state index in [9.17, 15) is 9.59 Å². The van der Waals surface area contributed by atoms with Gasteiger partial charge < -0.3 is 0 Å². The van der Waals surface area contributed by atoms with Crippen LogP contribution in [-0.4, -0.2) is 21.1 Å². The third-order valence-corrected chi connectivity index (χ3v) is 5.81. The van der Waals surface area contributed by atoms with E-state index in [-0.39, 0.29) is 11.8 Å². The average molecular weight is 405 g/mol. The number of rotatable bonds is 3. The first-order chi connectivity index (χ1) is 13.5. The van der Waals surface area contributed by atoms with Gasteiger partial charge in [0.25, 0.3) is 11.8 Å². The Labute approximate surface area is 172 Å². The zero-order chi connectivity index (χ0) is 19.7. The molecule has 0 atom stereocenters. The molecule has 4 nitrogen and oxygen atoms in total. The lowest BCUT2D eigenvalue weighted by atomic mass is 10.0. The monoisotopic (exact) mass is 404 g/mol. The zero-order valence-electron chi connectivity index (χ0n) is 15.0. The van der Waals surface area contributed by atoms with Crippen LogP contribution in [0.4, 0.5) is 0 Å². The summed E-state index contributed by atoms with van der Waals surface area (Å²) in [4.78, 5) is 25.9. The minimum Gasteiger partial charge on any atom is -0.267 e. The number of nitrogens with zero attached hydrogens (tertiary/aromatic N) is 1. The van der Waals surface area contributed by atoms with Gasteiger partial charge in [-0.1, -0.05) is 72.4 Å². The van der Waals surface area contributed by atoms with E-state index in [0.29, 0.717) is 14.8 Å². The number of hydrazine groups is 1. The second kappa shape index (κ2) is 7.58. The molecule has 28 heavy (non-hydrogen) atoms. The Morgan fingerprint density at radius 2 is 1.75 bits per heavy atom. The number of benzene rings is 3. The van der Waals surface area contributed by atoms with Crippen LogP contribution < -0.4 is 5.43 Å². The molecule has 1 aliphatic rings. The highest BCUT2D eigenvalue weighted by atomic mass is 32.2. The van der Waals surface area contributed by atoms with Gasteiger partial charge in [-0.15, -0.1) is 0 Å². The summed E-state index contributed by atoms with van der Waals surface area (Å²) in [5.41, 5.74) is 4.90. The number of carbonyl (C=O) groups is 2. The number of aryl methyl sites for hydroxylation is 1. The lowest BCUT2D eigenvalue weighted by Crippen LogP contribution is -2.45. The van der Waals surface area contributed by atoms with E-state index in [1.807, 2.05) is 67.6 Å². The molecule has 1 aliphatic heterocycles. The van der Waals surface area contributed by atoms with Crippen LogP contribution in [0.5, 0.6) is 0 Å². The maximum Gasteiger partial charge on any atom is 0.285 e. The molecule has 1 N–H and O–H groups in total. The van der Waals surface area contributed by atoms with Gasteiger partial charge in [0.1, 0.15) is 0 Å². The van der Waals surface area contributed by atoms with Gasteiger partial charge in [-0.25, -0.2) is 0 Å². The Balaban J connectivity index is 1.61. The normalized spacial score (nSPS) is 15.5. The fourth-order valence-corrected chi connectivity index (χ4v) is 4.24. The van der Waals surface area contributed by atoms with Crippen LogP contribution in [0.25, 0.3) is 16.8 Å². The van der Waals surface area contributed by atoms with Crippen molar-refractivity contribution in [2.75, 3.05) is 0 Å². The number of hydrogen-bond acceptors (Lipinski definition) is 4. The van der Waals surface area contributed by atoms with Gasteiger partial charge in [-0.3, -0.25) is 15.0 Å². The molecule has 3 aromatic rings. The Hall–Kier alpha value is -2.96. The van der Waals surface area contributed by atoms with Crippen molar-refractivity contribution in [3.63, 3.8) is 0 Å². The van der Waals surface area contributed by atoms with E-state index in [1.165, 1.54) is 11.8 Å². The summed E-state index contributed by atoms with van der Waals surface area (Å²) in [5.74, 6) is -0.689. The molecule has 4 rings (SSSR count). The molecule has 2 amide bonds. The number of carbonyl (C=O) groups excluding carboxylic acids is 2. The summed E-state index contributed by atoms with van der Waals surface area (Å²) in [5, 5.41) is 3.30. The summed E-state index contributed by atoms with van der Waals surface area (Å²) in [6, 6.07) is 21.1. The third kappa shape index (κ3) is 3.44. The van der Waals surface area contributed by atoms with Crippen LogP contribution in [-0.2, 0) is 4.79 Å². The van der Waals surface area contributed by atoms with E-state index in [2.05, 4.69) is 5.43 Å². The molecule has 0 radical (unpaired) electrons. The summed E-state index contributed by atoms with van der Waals surface area (Å²) in [6.07, 6.45) is 1.82. The van der Waals surface area contributed by atoms with Crippen molar-refractivity contribution in [1.29, 1.82) is 0 Å². The lowest BCUT2D eigenvalue weighted by molar-refractivity contribution is -0.123. The number of amides is 2. The number of nitrogens with one attached hydrogen (secondary N) is 1. The van der Waals surface area contributed by atoms with Gasteiger partial charge in [0.05, 0.1) is 4.91 Å². The summed E-state index contributed by atoms with van der Waals surface area (Å²) in [6.45, 7) is 1.85. The SMILES string of the molecule is Cc1ccccc1C(=O)NN1C(=O)/C(=C/c2cccc3ccccc23)SC1=S. The Morgan fingerprint density at radius 3 is 2.57 bits per heavy atom. The van der Waals surface area contributed by atoms with Crippen LogP contribution in [0.2, 0.25) is 0 Å². The third-order valence-electron chi connectivity index (χ3n) is 4.51. The smallest absolute Gasteiger partial charge is 0.267 e. The van der Waals surface area contributed by atoms with Crippen molar-refractivity contribution in [3.8, 4) is 0 Å². The minimum atomic E-state index is -0.360. The molecule has 3 aromatic carbocycles. The van der Waals surface area contributed by atoms with Gasteiger partial charge in [-0.05, 0) is 53.2 Å². The number of thiocarbonyl (C=S) groups is 1. The number of hydrogen-bond donors (Lipinski definition) is 1. The lowest BCUT2D eigenvalue weighted by Gasteiger charge is -2.16. The topological polar surface area (TPSA) is 49.4 Å². The number of fused-ring (bicyclic) bond motifs is 1. The van der Waals surface area contributed by atoms with Crippen LogP contribution in [0.15, 0.2) is 71.6 Å². The van der Waals surface area contributed by atoms with Crippen LogP contribution >= 0.6 is 24.0 Å². The van der Waals surface area contributed by atoms with Gasteiger partial charge in [0.2, 0.25) is 0 Å². The molecule has 138 valence electrons. The van der Waals surface area contributed by atoms with Gasteiger partial charge in [0, 0.05) is 5.56 Å². The molecular weight excluding hydrogens is 388 g/mol. The first kappa shape index (κ1) is 18.4. The molecule has 1 fully saturated rings. The van der Waals surface area contributed by atoms with Crippen molar-refractivity contribution in [1.82, 2.24) is 10.4 Å². The summed E-state index contributed by atoms with van der Waals surface area (Å²) < 4.78 is 0.304. The quantitative estimate of drug-likeness (QED) is 0.508. The molecule has 0 aromatic heterocycles. The maximum absolute atomic E-state index is 12.8. The molecule has 0 unspecified atom stereocenters. The Bertz CT molecular complexity index is 1150. The highest BCUT2D eigenvalue weighted by Gasteiger charge is 2.34. The van der Waals surface area contributed by atoms with Gasteiger partial charge in [0.15, 0.2) is 4.32 Å². The molecule has 0 bridgehead atoms. The molecule has 1 saturated heterocycles. The van der Waals surface area contributed by atoms with Gasteiger partial charge in [-0.2, -0.15) is 5.01 Å². The Kier molecular flexibility index (Phi) is 4.98. The standard InChI is InChI=1S/C22H16N2O2S2/c1-14-7-2-4-11-17(14)20(25)23-24-21(26)19(28-22(24)27)13-16-10-6-9-15-8-3-5-12-18(15)16/h2-13H,1H3,(H,23,25)/b19-13-. The van der Waals surface area contributed by atoms with Crippen molar-refractivity contribution in [2.24, 2.45) is 0 Å². The Morgan fingerprint density at radius 1 is 1.04 bits per heavy atom.